The van der Waals surface area contributed by atoms with Gasteiger partial charge in [0.05, 0.1) is 19.1 Å². The molecule has 25 heavy (non-hydrogen) atoms. The van der Waals surface area contributed by atoms with Crippen molar-refractivity contribution < 1.29 is 9.47 Å². The highest BCUT2D eigenvalue weighted by atomic mass is 31.1. The third-order valence-corrected chi connectivity index (χ3v) is 6.74. The minimum absolute atomic E-state index is 0.162. The van der Waals surface area contributed by atoms with Crippen molar-refractivity contribution in [3.8, 4) is 0 Å². The van der Waals surface area contributed by atoms with E-state index in [1.807, 2.05) is 7.11 Å². The molecule has 0 N–H and O–H groups in total. The first kappa shape index (κ1) is 16.6. The van der Waals surface area contributed by atoms with Gasteiger partial charge in [-0.1, -0.05) is 69.3 Å². The van der Waals surface area contributed by atoms with Crippen molar-refractivity contribution in [1.82, 2.24) is 0 Å². The smallest absolute Gasteiger partial charge is 0.104 e. The Morgan fingerprint density at radius 2 is 2.00 bits per heavy atom. The Labute approximate surface area is 151 Å². The van der Waals surface area contributed by atoms with Crippen LogP contribution >= 0.6 is 8.58 Å². The summed E-state index contributed by atoms with van der Waals surface area (Å²) in [5.74, 6) is 1.37. The van der Waals surface area contributed by atoms with Gasteiger partial charge in [0.2, 0.25) is 0 Å². The van der Waals surface area contributed by atoms with Gasteiger partial charge in [-0.15, -0.1) is 0 Å². The lowest BCUT2D eigenvalue weighted by molar-refractivity contribution is 0.106. The van der Waals surface area contributed by atoms with Crippen molar-refractivity contribution in [2.75, 3.05) is 14.2 Å². The normalized spacial score (nSPS) is 27.0. The number of rotatable bonds is 4. The van der Waals surface area contributed by atoms with Gasteiger partial charge in [0, 0.05) is 12.8 Å². The molecular formula is C22H23O2P. The molecule has 1 aromatic rings. The highest BCUT2D eigenvalue weighted by Gasteiger charge is 2.31. The maximum Gasteiger partial charge on any atom is 0.104 e. The second-order valence-corrected chi connectivity index (χ2v) is 8.00. The van der Waals surface area contributed by atoms with E-state index < -0.39 is 0 Å². The van der Waals surface area contributed by atoms with Crippen molar-refractivity contribution in [2.45, 2.75) is 18.2 Å². The summed E-state index contributed by atoms with van der Waals surface area (Å²) in [7, 11) is 4.27. The Morgan fingerprint density at radius 1 is 1.08 bits per heavy atom. The van der Waals surface area contributed by atoms with E-state index in [0.29, 0.717) is 20.2 Å². The van der Waals surface area contributed by atoms with Crippen LogP contribution in [0.25, 0.3) is 6.08 Å². The van der Waals surface area contributed by atoms with Gasteiger partial charge in [-0.3, -0.25) is 0 Å². The van der Waals surface area contributed by atoms with Crippen molar-refractivity contribution in [3.63, 3.8) is 0 Å². The summed E-state index contributed by atoms with van der Waals surface area (Å²) in [6, 6.07) is 6.63. The van der Waals surface area contributed by atoms with Gasteiger partial charge in [-0.2, -0.15) is 0 Å². The van der Waals surface area contributed by atoms with Crippen molar-refractivity contribution in [3.05, 3.63) is 83.2 Å². The molecule has 4 unspecified atom stereocenters. The predicted octanol–water partition coefficient (Wildman–Crippen LogP) is 4.68. The molecule has 0 saturated carbocycles. The third kappa shape index (κ3) is 3.05. The minimum atomic E-state index is 0.162. The summed E-state index contributed by atoms with van der Waals surface area (Å²) < 4.78 is 11.5. The quantitative estimate of drug-likeness (QED) is 0.735. The van der Waals surface area contributed by atoms with Gasteiger partial charge in [0.15, 0.2) is 0 Å². The molecule has 3 heteroatoms. The molecule has 0 heterocycles. The topological polar surface area (TPSA) is 18.5 Å². The number of methoxy groups -OCH3 is 2. The number of fused-ring (bicyclic) bond motifs is 2. The highest BCUT2D eigenvalue weighted by molar-refractivity contribution is 7.48. The zero-order chi connectivity index (χ0) is 17.2. The van der Waals surface area contributed by atoms with E-state index in [2.05, 4.69) is 66.8 Å². The van der Waals surface area contributed by atoms with Crippen LogP contribution in [0.3, 0.4) is 0 Å². The van der Waals surface area contributed by atoms with Crippen LogP contribution in [0.5, 0.6) is 0 Å². The second kappa shape index (κ2) is 7.15. The van der Waals surface area contributed by atoms with Crippen molar-refractivity contribution >= 4 is 20.0 Å². The molecule has 0 fully saturated rings. The summed E-state index contributed by atoms with van der Waals surface area (Å²) in [5.41, 5.74) is 4.42. The Bertz CT molecular complexity index is 813. The number of hydrogen-bond donors (Lipinski definition) is 0. The number of ether oxygens (including phenoxy) is 2. The van der Waals surface area contributed by atoms with Gasteiger partial charge in [-0.25, -0.2) is 0 Å². The summed E-state index contributed by atoms with van der Waals surface area (Å²) in [5, 5.41) is 1.41. The molecule has 0 bridgehead atoms. The molecule has 3 aliphatic rings. The van der Waals surface area contributed by atoms with Crippen LogP contribution in [0.15, 0.2) is 72.1 Å². The average molecular weight is 350 g/mol. The first-order chi connectivity index (χ1) is 12.3. The van der Waals surface area contributed by atoms with E-state index in [0.717, 1.165) is 12.2 Å². The predicted molar refractivity (Wildman–Crippen MR) is 107 cm³/mol. The molecule has 0 spiro atoms. The Kier molecular flexibility index (Phi) is 4.74. The van der Waals surface area contributed by atoms with Gasteiger partial charge >= 0.3 is 0 Å². The average Bonchev–Trinajstić information content (AvgIpc) is 2.67. The number of allylic oxidation sites excluding steroid dienone is 7. The van der Waals surface area contributed by atoms with Crippen LogP contribution in [-0.2, 0) is 9.47 Å². The van der Waals surface area contributed by atoms with E-state index in [1.165, 1.54) is 22.0 Å². The SMILES string of the molecule is COC1=CC=CC2=CC=CC(Pc3cccc4c3C(OC)CC=C4)C21. The fourth-order valence-corrected chi connectivity index (χ4v) is 5.68. The molecule has 3 aliphatic carbocycles. The third-order valence-electron chi connectivity index (χ3n) is 5.13. The number of benzene rings is 1. The van der Waals surface area contributed by atoms with Gasteiger partial charge < -0.3 is 9.47 Å². The van der Waals surface area contributed by atoms with E-state index in [1.54, 1.807) is 7.11 Å². The van der Waals surface area contributed by atoms with Gasteiger partial charge in [0.1, 0.15) is 5.76 Å². The van der Waals surface area contributed by atoms with Crippen LogP contribution < -0.4 is 5.30 Å². The molecule has 0 aromatic heterocycles. The van der Waals surface area contributed by atoms with Crippen molar-refractivity contribution in [2.24, 2.45) is 5.92 Å². The minimum Gasteiger partial charge on any atom is -0.500 e. The molecule has 0 aliphatic heterocycles. The van der Waals surface area contributed by atoms with Crippen LogP contribution in [-0.4, -0.2) is 19.9 Å². The van der Waals surface area contributed by atoms with Crippen LogP contribution in [0.4, 0.5) is 0 Å². The molecule has 2 nitrogen and oxygen atoms in total. The first-order valence-electron chi connectivity index (χ1n) is 8.71. The van der Waals surface area contributed by atoms with Crippen molar-refractivity contribution in [1.29, 1.82) is 0 Å². The summed E-state index contributed by atoms with van der Waals surface area (Å²) in [6.07, 6.45) is 18.7. The Morgan fingerprint density at radius 3 is 2.84 bits per heavy atom. The summed E-state index contributed by atoms with van der Waals surface area (Å²) >= 11 is 0. The van der Waals surface area contributed by atoms with Gasteiger partial charge in [-0.05, 0) is 34.5 Å². The lowest BCUT2D eigenvalue weighted by Crippen LogP contribution is -2.26. The van der Waals surface area contributed by atoms with E-state index in [-0.39, 0.29) is 6.10 Å². The standard InChI is InChI=1S/C22H23O2P/c1-23-17-11-3-7-15-9-5-13-19(21(15)17)25-20-14-6-10-16-8-4-12-18(24-2)22(16)20/h3-11,13-14,18-19,21,25H,12H2,1-2H3. The Balaban J connectivity index is 1.68. The largest absolute Gasteiger partial charge is 0.500 e. The van der Waals surface area contributed by atoms with Crippen LogP contribution in [0, 0.1) is 5.92 Å². The second-order valence-electron chi connectivity index (χ2n) is 6.50. The molecule has 4 rings (SSSR count). The van der Waals surface area contributed by atoms with E-state index in [9.17, 15) is 0 Å². The molecule has 128 valence electrons. The maximum atomic E-state index is 5.77. The molecule has 0 amide bonds. The lowest BCUT2D eigenvalue weighted by Gasteiger charge is -2.32. The first-order valence-corrected chi connectivity index (χ1v) is 9.79. The highest BCUT2D eigenvalue weighted by Crippen LogP contribution is 2.42. The zero-order valence-electron chi connectivity index (χ0n) is 14.6. The molecule has 1 aromatic carbocycles. The lowest BCUT2D eigenvalue weighted by atomic mass is 9.86. The van der Waals surface area contributed by atoms with Crippen LogP contribution in [0.2, 0.25) is 0 Å². The van der Waals surface area contributed by atoms with E-state index in [4.69, 9.17) is 9.47 Å². The Hall–Kier alpha value is -1.89. The monoisotopic (exact) mass is 350 g/mol. The number of hydrogen-bond acceptors (Lipinski definition) is 2. The summed E-state index contributed by atoms with van der Waals surface area (Å²) in [6.45, 7) is 0. The summed E-state index contributed by atoms with van der Waals surface area (Å²) in [4.78, 5) is 0. The maximum absolute atomic E-state index is 5.77. The molecule has 0 saturated heterocycles. The zero-order valence-corrected chi connectivity index (χ0v) is 15.6. The molecule has 0 radical (unpaired) electrons. The molecule has 4 atom stereocenters. The van der Waals surface area contributed by atoms with E-state index >= 15 is 0 Å². The fourth-order valence-electron chi connectivity index (χ4n) is 3.94. The molecular weight excluding hydrogens is 327 g/mol. The van der Waals surface area contributed by atoms with Gasteiger partial charge in [0.25, 0.3) is 0 Å². The van der Waals surface area contributed by atoms with Crippen LogP contribution in [0.1, 0.15) is 23.7 Å². The fraction of sp³-hybridized carbons (Fsp3) is 0.273.